The normalized spacial score (nSPS) is 11.0. The van der Waals surface area contributed by atoms with Gasteiger partial charge in [-0.15, -0.1) is 0 Å². The van der Waals surface area contributed by atoms with Crippen LogP contribution in [-0.2, 0) is 18.8 Å². The first-order valence-electron chi connectivity index (χ1n) is 7.95. The molecule has 0 spiro atoms. The van der Waals surface area contributed by atoms with E-state index in [1.165, 1.54) is 4.57 Å². The zero-order valence-corrected chi connectivity index (χ0v) is 14.7. The van der Waals surface area contributed by atoms with Gasteiger partial charge in [-0.25, -0.2) is 4.79 Å². The molecule has 3 aromatic rings. The Bertz CT molecular complexity index is 1050. The third-order valence-corrected chi connectivity index (χ3v) is 4.23. The molecule has 25 heavy (non-hydrogen) atoms. The Labute approximate surface area is 144 Å². The second kappa shape index (κ2) is 6.08. The van der Waals surface area contributed by atoms with E-state index in [4.69, 9.17) is 10.5 Å². The Kier molecular flexibility index (Phi) is 4.08. The average Bonchev–Trinajstić information content (AvgIpc) is 2.91. The third kappa shape index (κ3) is 2.57. The number of pyridine rings is 1. The van der Waals surface area contributed by atoms with E-state index in [9.17, 15) is 9.59 Å². The summed E-state index contributed by atoms with van der Waals surface area (Å²) in [6, 6.07) is 5.55. The topological polar surface area (TPSA) is 92.1 Å². The summed E-state index contributed by atoms with van der Waals surface area (Å²) in [5.74, 6) is -0.703. The molecule has 0 aliphatic carbocycles. The van der Waals surface area contributed by atoms with Crippen molar-refractivity contribution in [3.8, 4) is 11.1 Å². The highest BCUT2D eigenvalue weighted by Crippen LogP contribution is 2.32. The Morgan fingerprint density at radius 2 is 2.00 bits per heavy atom. The molecule has 3 rings (SSSR count). The number of nitrogens with two attached hydrogens (primary N) is 1. The number of hydrogen-bond acceptors (Lipinski definition) is 5. The number of para-hydroxylation sites is 1. The number of fused-ring (bicyclic) bond motifs is 1. The van der Waals surface area contributed by atoms with Crippen LogP contribution < -0.4 is 11.3 Å². The van der Waals surface area contributed by atoms with Crippen molar-refractivity contribution in [1.29, 1.82) is 0 Å². The number of aryl methyl sites for hydroxylation is 3. The van der Waals surface area contributed by atoms with Gasteiger partial charge in [-0.2, -0.15) is 5.10 Å². The fraction of sp³-hybridized carbons (Fsp3) is 0.278. The van der Waals surface area contributed by atoms with Gasteiger partial charge in [0.2, 0.25) is 0 Å². The summed E-state index contributed by atoms with van der Waals surface area (Å²) in [6.07, 6.45) is 1.89. The SMILES string of the molecule is CCOC(=O)c1c(N)c2cccc(-c3cn(C)nc3C)c2n(C)c1=O. The molecule has 0 saturated carbocycles. The number of anilines is 1. The molecule has 0 saturated heterocycles. The predicted octanol–water partition coefficient (Wildman–Crippen LogP) is 2.01. The highest BCUT2D eigenvalue weighted by Gasteiger charge is 2.22. The molecule has 0 fully saturated rings. The van der Waals surface area contributed by atoms with E-state index in [-0.39, 0.29) is 17.9 Å². The molecule has 7 nitrogen and oxygen atoms in total. The summed E-state index contributed by atoms with van der Waals surface area (Å²) < 4.78 is 8.15. The van der Waals surface area contributed by atoms with Gasteiger partial charge in [-0.1, -0.05) is 18.2 Å². The van der Waals surface area contributed by atoms with Crippen molar-refractivity contribution < 1.29 is 9.53 Å². The van der Waals surface area contributed by atoms with Crippen molar-refractivity contribution in [1.82, 2.24) is 14.3 Å². The van der Waals surface area contributed by atoms with Crippen molar-refractivity contribution in [2.45, 2.75) is 13.8 Å². The van der Waals surface area contributed by atoms with Gasteiger partial charge in [0, 0.05) is 36.8 Å². The van der Waals surface area contributed by atoms with Gasteiger partial charge in [0.1, 0.15) is 5.56 Å². The third-order valence-electron chi connectivity index (χ3n) is 4.23. The van der Waals surface area contributed by atoms with Crippen LogP contribution in [0.2, 0.25) is 0 Å². The molecule has 0 aliphatic rings. The van der Waals surface area contributed by atoms with E-state index in [1.807, 2.05) is 32.3 Å². The van der Waals surface area contributed by atoms with Crippen LogP contribution >= 0.6 is 0 Å². The van der Waals surface area contributed by atoms with Gasteiger partial charge in [0.25, 0.3) is 5.56 Å². The highest BCUT2D eigenvalue weighted by atomic mass is 16.5. The lowest BCUT2D eigenvalue weighted by atomic mass is 10.00. The molecule has 130 valence electrons. The first kappa shape index (κ1) is 16.8. The maximum Gasteiger partial charge on any atom is 0.345 e. The molecule has 0 radical (unpaired) electrons. The first-order chi connectivity index (χ1) is 11.9. The number of benzene rings is 1. The van der Waals surface area contributed by atoms with Crippen molar-refractivity contribution >= 4 is 22.6 Å². The molecular formula is C18H20N4O3. The van der Waals surface area contributed by atoms with Gasteiger partial charge in [0.15, 0.2) is 0 Å². The Hall–Kier alpha value is -3.09. The molecule has 7 heteroatoms. The monoisotopic (exact) mass is 340 g/mol. The second-order valence-electron chi connectivity index (χ2n) is 5.88. The number of ether oxygens (including phenoxy) is 1. The van der Waals surface area contributed by atoms with Crippen LogP contribution in [0.5, 0.6) is 0 Å². The Balaban J connectivity index is 2.40. The number of aromatic nitrogens is 3. The van der Waals surface area contributed by atoms with Crippen molar-refractivity contribution in [3.63, 3.8) is 0 Å². The van der Waals surface area contributed by atoms with Gasteiger partial charge in [-0.05, 0) is 13.8 Å². The fourth-order valence-corrected chi connectivity index (χ4v) is 3.12. The summed E-state index contributed by atoms with van der Waals surface area (Å²) in [7, 11) is 3.47. The Morgan fingerprint density at radius 1 is 1.28 bits per heavy atom. The maximum absolute atomic E-state index is 12.8. The maximum atomic E-state index is 12.8. The van der Waals surface area contributed by atoms with E-state index >= 15 is 0 Å². The summed E-state index contributed by atoms with van der Waals surface area (Å²) in [5, 5.41) is 4.99. The van der Waals surface area contributed by atoms with Crippen molar-refractivity contribution in [3.05, 3.63) is 46.0 Å². The van der Waals surface area contributed by atoms with Gasteiger partial charge < -0.3 is 15.0 Å². The summed E-state index contributed by atoms with van der Waals surface area (Å²) in [4.78, 5) is 24.9. The highest BCUT2D eigenvalue weighted by molar-refractivity contribution is 6.07. The predicted molar refractivity (Wildman–Crippen MR) is 96.5 cm³/mol. The number of carbonyl (C=O) groups excluding carboxylic acids is 1. The molecule has 1 aromatic carbocycles. The molecule has 0 aliphatic heterocycles. The number of nitrogen functional groups attached to an aromatic ring is 1. The van der Waals surface area contributed by atoms with Crippen LogP contribution in [0.3, 0.4) is 0 Å². The van der Waals surface area contributed by atoms with Crippen LogP contribution in [0.4, 0.5) is 5.69 Å². The molecular weight excluding hydrogens is 320 g/mol. The number of carbonyl (C=O) groups is 1. The minimum absolute atomic E-state index is 0.128. The molecule has 2 aromatic heterocycles. The standard InChI is InChI=1S/C18H20N4O3/c1-5-25-18(24)14-15(19)12-8-6-7-11(16(12)22(4)17(14)23)13-9-21(3)20-10(13)2/h6-9H,5,19H2,1-4H3. The zero-order chi connectivity index (χ0) is 18.3. The number of nitrogens with zero attached hydrogens (tertiary/aromatic N) is 3. The van der Waals surface area contributed by atoms with Crippen LogP contribution in [0, 0.1) is 6.92 Å². The van der Waals surface area contributed by atoms with Crippen LogP contribution in [0.25, 0.3) is 22.0 Å². The molecule has 2 N–H and O–H groups in total. The van der Waals surface area contributed by atoms with E-state index in [0.29, 0.717) is 10.9 Å². The van der Waals surface area contributed by atoms with Crippen molar-refractivity contribution in [2.75, 3.05) is 12.3 Å². The summed E-state index contributed by atoms with van der Waals surface area (Å²) >= 11 is 0. The van der Waals surface area contributed by atoms with E-state index in [2.05, 4.69) is 5.10 Å². The van der Waals surface area contributed by atoms with Gasteiger partial charge in [0.05, 0.1) is 23.5 Å². The lowest BCUT2D eigenvalue weighted by molar-refractivity contribution is 0.0525. The van der Waals surface area contributed by atoms with E-state index in [0.717, 1.165) is 16.8 Å². The number of rotatable bonds is 3. The van der Waals surface area contributed by atoms with Crippen molar-refractivity contribution in [2.24, 2.45) is 14.1 Å². The molecule has 0 bridgehead atoms. The lowest BCUT2D eigenvalue weighted by Gasteiger charge is -2.15. The van der Waals surface area contributed by atoms with Crippen LogP contribution in [0.15, 0.2) is 29.2 Å². The molecule has 0 unspecified atom stereocenters. The molecule has 0 atom stereocenters. The first-order valence-corrected chi connectivity index (χ1v) is 7.95. The van der Waals surface area contributed by atoms with Crippen LogP contribution in [-0.4, -0.2) is 26.9 Å². The van der Waals surface area contributed by atoms with Gasteiger partial charge >= 0.3 is 5.97 Å². The quantitative estimate of drug-likeness (QED) is 0.736. The molecule has 0 amide bonds. The minimum Gasteiger partial charge on any atom is -0.462 e. The smallest absolute Gasteiger partial charge is 0.345 e. The minimum atomic E-state index is -0.703. The van der Waals surface area contributed by atoms with Gasteiger partial charge in [-0.3, -0.25) is 9.48 Å². The number of esters is 1. The summed E-state index contributed by atoms with van der Waals surface area (Å²) in [5.41, 5.74) is 8.96. The van der Waals surface area contributed by atoms with E-state index < -0.39 is 11.5 Å². The largest absolute Gasteiger partial charge is 0.462 e. The van der Waals surface area contributed by atoms with Crippen LogP contribution in [0.1, 0.15) is 23.0 Å². The zero-order valence-electron chi connectivity index (χ0n) is 14.7. The fourth-order valence-electron chi connectivity index (χ4n) is 3.12. The lowest BCUT2D eigenvalue weighted by Crippen LogP contribution is -2.28. The summed E-state index contributed by atoms with van der Waals surface area (Å²) in [6.45, 7) is 3.76. The average molecular weight is 340 g/mol. The van der Waals surface area contributed by atoms with E-state index in [1.54, 1.807) is 24.7 Å². The molecule has 2 heterocycles. The second-order valence-corrected chi connectivity index (χ2v) is 5.88. The Morgan fingerprint density at radius 3 is 2.60 bits per heavy atom. The number of hydrogen-bond donors (Lipinski definition) is 1.